The van der Waals surface area contributed by atoms with E-state index in [4.69, 9.17) is 10.00 Å². The van der Waals surface area contributed by atoms with Crippen molar-refractivity contribution >= 4 is 21.4 Å². The lowest BCUT2D eigenvalue weighted by atomic mass is 10.0. The maximum Gasteiger partial charge on any atom is 0.214 e. The standard InChI is InChI=1S/C17H17N5OS/c18-9-12-1-3-14(4-2-12)15-11-20-17-22(15)21-16(24-17)19-10-13-5-7-23-8-6-13/h1-4,11,13H,5-8,10H2,(H,19,21). The molecule has 2 aromatic heterocycles. The highest BCUT2D eigenvalue weighted by molar-refractivity contribution is 7.20. The summed E-state index contributed by atoms with van der Waals surface area (Å²) >= 11 is 1.56. The van der Waals surface area contributed by atoms with Crippen LogP contribution in [0.5, 0.6) is 0 Å². The fourth-order valence-corrected chi connectivity index (χ4v) is 3.64. The summed E-state index contributed by atoms with van der Waals surface area (Å²) in [7, 11) is 0. The normalized spacial score (nSPS) is 15.5. The van der Waals surface area contributed by atoms with Crippen molar-refractivity contribution in [3.8, 4) is 17.3 Å². The van der Waals surface area contributed by atoms with Crippen molar-refractivity contribution in [3.63, 3.8) is 0 Å². The molecule has 3 aromatic rings. The van der Waals surface area contributed by atoms with Gasteiger partial charge in [-0.2, -0.15) is 5.26 Å². The molecule has 4 rings (SSSR count). The molecule has 0 unspecified atom stereocenters. The number of hydrogen-bond acceptors (Lipinski definition) is 6. The topological polar surface area (TPSA) is 75.2 Å². The van der Waals surface area contributed by atoms with Crippen molar-refractivity contribution in [2.24, 2.45) is 5.92 Å². The average Bonchev–Trinajstić information content (AvgIpc) is 3.21. The number of rotatable bonds is 4. The molecule has 1 fully saturated rings. The maximum atomic E-state index is 8.91. The zero-order valence-corrected chi connectivity index (χ0v) is 13.9. The van der Waals surface area contributed by atoms with Gasteiger partial charge in [0.2, 0.25) is 10.1 Å². The highest BCUT2D eigenvalue weighted by Crippen LogP contribution is 2.26. The van der Waals surface area contributed by atoms with Crippen LogP contribution in [0.4, 0.5) is 5.13 Å². The van der Waals surface area contributed by atoms with Crippen molar-refractivity contribution in [1.82, 2.24) is 14.6 Å². The first-order chi connectivity index (χ1) is 11.8. The zero-order chi connectivity index (χ0) is 16.4. The quantitative estimate of drug-likeness (QED) is 0.790. The summed E-state index contributed by atoms with van der Waals surface area (Å²) in [6.45, 7) is 2.64. The third-order valence-corrected chi connectivity index (χ3v) is 5.16. The fourth-order valence-electron chi connectivity index (χ4n) is 2.86. The van der Waals surface area contributed by atoms with Gasteiger partial charge >= 0.3 is 0 Å². The molecule has 0 saturated carbocycles. The van der Waals surface area contributed by atoms with Crippen LogP contribution < -0.4 is 5.32 Å². The summed E-state index contributed by atoms with van der Waals surface area (Å²) in [5, 5.41) is 17.9. The van der Waals surface area contributed by atoms with Gasteiger partial charge < -0.3 is 10.1 Å². The van der Waals surface area contributed by atoms with Crippen LogP contribution in [0.25, 0.3) is 16.2 Å². The number of fused-ring (bicyclic) bond motifs is 1. The van der Waals surface area contributed by atoms with Gasteiger partial charge in [0.15, 0.2) is 0 Å². The zero-order valence-electron chi connectivity index (χ0n) is 13.1. The van der Waals surface area contributed by atoms with Crippen LogP contribution in [0, 0.1) is 17.2 Å². The number of ether oxygens (including phenoxy) is 1. The molecule has 6 nitrogen and oxygen atoms in total. The molecule has 0 atom stereocenters. The molecule has 0 spiro atoms. The second kappa shape index (κ2) is 6.59. The van der Waals surface area contributed by atoms with Crippen LogP contribution in [0.15, 0.2) is 30.5 Å². The van der Waals surface area contributed by atoms with E-state index in [0.29, 0.717) is 11.5 Å². The number of nitrogens with one attached hydrogen (secondary N) is 1. The minimum absolute atomic E-state index is 0.646. The van der Waals surface area contributed by atoms with Crippen LogP contribution in [-0.2, 0) is 4.74 Å². The number of nitriles is 1. The first kappa shape index (κ1) is 15.1. The van der Waals surface area contributed by atoms with Crippen molar-refractivity contribution in [2.45, 2.75) is 12.8 Å². The Morgan fingerprint density at radius 3 is 2.83 bits per heavy atom. The molecule has 0 aliphatic carbocycles. The Morgan fingerprint density at radius 2 is 2.08 bits per heavy atom. The number of anilines is 1. The van der Waals surface area contributed by atoms with Gasteiger partial charge in [-0.1, -0.05) is 23.5 Å². The van der Waals surface area contributed by atoms with Crippen LogP contribution in [0.3, 0.4) is 0 Å². The van der Waals surface area contributed by atoms with E-state index in [1.807, 2.05) is 35.0 Å². The molecule has 1 aromatic carbocycles. The second-order valence-electron chi connectivity index (χ2n) is 5.87. The van der Waals surface area contributed by atoms with Gasteiger partial charge in [-0.15, -0.1) is 5.10 Å². The van der Waals surface area contributed by atoms with E-state index in [2.05, 4.69) is 21.5 Å². The molecule has 1 aliphatic heterocycles. The van der Waals surface area contributed by atoms with E-state index >= 15 is 0 Å². The van der Waals surface area contributed by atoms with E-state index < -0.39 is 0 Å². The Morgan fingerprint density at radius 1 is 1.29 bits per heavy atom. The molecule has 0 bridgehead atoms. The summed E-state index contributed by atoms with van der Waals surface area (Å²) in [4.78, 5) is 5.31. The van der Waals surface area contributed by atoms with Crippen molar-refractivity contribution in [1.29, 1.82) is 5.26 Å². The van der Waals surface area contributed by atoms with Crippen LogP contribution in [0.2, 0.25) is 0 Å². The van der Waals surface area contributed by atoms with Gasteiger partial charge in [0, 0.05) is 25.3 Å². The van der Waals surface area contributed by atoms with Crippen molar-refractivity contribution in [2.75, 3.05) is 25.1 Å². The van der Waals surface area contributed by atoms with E-state index in [1.165, 1.54) is 0 Å². The van der Waals surface area contributed by atoms with Gasteiger partial charge in [-0.05, 0) is 30.9 Å². The van der Waals surface area contributed by atoms with Crippen LogP contribution >= 0.6 is 11.3 Å². The summed E-state index contributed by atoms with van der Waals surface area (Å²) in [6.07, 6.45) is 4.03. The molecule has 1 aliphatic rings. The van der Waals surface area contributed by atoms with Gasteiger partial charge in [0.1, 0.15) is 0 Å². The second-order valence-corrected chi connectivity index (χ2v) is 6.83. The number of hydrogen-bond donors (Lipinski definition) is 1. The maximum absolute atomic E-state index is 8.91. The van der Waals surface area contributed by atoms with Crippen molar-refractivity contribution < 1.29 is 4.74 Å². The lowest BCUT2D eigenvalue weighted by Gasteiger charge is -2.21. The Hall–Kier alpha value is -2.43. The first-order valence-corrected chi connectivity index (χ1v) is 8.82. The Bertz CT molecular complexity index is 871. The number of benzene rings is 1. The molecule has 122 valence electrons. The lowest BCUT2D eigenvalue weighted by molar-refractivity contribution is 0.0699. The summed E-state index contributed by atoms with van der Waals surface area (Å²) in [5.41, 5.74) is 2.59. The fraction of sp³-hybridized carbons (Fsp3) is 0.353. The van der Waals surface area contributed by atoms with Crippen molar-refractivity contribution in [3.05, 3.63) is 36.0 Å². The van der Waals surface area contributed by atoms with E-state index in [1.54, 1.807) is 11.3 Å². The largest absolute Gasteiger partial charge is 0.381 e. The van der Waals surface area contributed by atoms with E-state index in [9.17, 15) is 0 Å². The molecule has 24 heavy (non-hydrogen) atoms. The summed E-state index contributed by atoms with van der Waals surface area (Å²) in [5.74, 6) is 0.646. The number of imidazole rings is 1. The molecule has 1 saturated heterocycles. The smallest absolute Gasteiger partial charge is 0.214 e. The number of aromatic nitrogens is 3. The highest BCUT2D eigenvalue weighted by Gasteiger charge is 2.15. The molecular weight excluding hydrogens is 322 g/mol. The van der Waals surface area contributed by atoms with Gasteiger partial charge in [-0.25, -0.2) is 9.50 Å². The average molecular weight is 339 g/mol. The molecule has 7 heteroatoms. The minimum atomic E-state index is 0.646. The molecule has 3 heterocycles. The number of nitrogens with zero attached hydrogens (tertiary/aromatic N) is 4. The summed E-state index contributed by atoms with van der Waals surface area (Å²) < 4.78 is 7.25. The highest BCUT2D eigenvalue weighted by atomic mass is 32.1. The van der Waals surface area contributed by atoms with Gasteiger partial charge in [0.25, 0.3) is 0 Å². The Kier molecular flexibility index (Phi) is 4.15. The SMILES string of the molecule is N#Cc1ccc(-c2cnc3sc(NCC4CCOCC4)nn23)cc1. The van der Waals surface area contributed by atoms with Gasteiger partial charge in [-0.3, -0.25) is 0 Å². The van der Waals surface area contributed by atoms with Gasteiger partial charge in [0.05, 0.1) is 23.5 Å². The van der Waals surface area contributed by atoms with E-state index in [0.717, 1.165) is 53.9 Å². The third-order valence-electron chi connectivity index (χ3n) is 4.28. The third kappa shape index (κ3) is 2.98. The molecular formula is C17H17N5OS. The van der Waals surface area contributed by atoms with Crippen LogP contribution in [-0.4, -0.2) is 34.4 Å². The predicted octanol–water partition coefficient (Wildman–Crippen LogP) is 3.17. The molecule has 1 N–H and O–H groups in total. The van der Waals surface area contributed by atoms with Crippen LogP contribution in [0.1, 0.15) is 18.4 Å². The lowest BCUT2D eigenvalue weighted by Crippen LogP contribution is -2.22. The molecule has 0 amide bonds. The Labute approximate surface area is 143 Å². The monoisotopic (exact) mass is 339 g/mol. The predicted molar refractivity (Wildman–Crippen MR) is 93.0 cm³/mol. The Balaban J connectivity index is 1.53. The minimum Gasteiger partial charge on any atom is -0.381 e. The molecule has 0 radical (unpaired) electrons. The van der Waals surface area contributed by atoms with E-state index in [-0.39, 0.29) is 0 Å². The first-order valence-electron chi connectivity index (χ1n) is 8.00. The summed E-state index contributed by atoms with van der Waals surface area (Å²) in [6, 6.07) is 9.61.